The Kier molecular flexibility index (Phi) is 5.41. The molecule has 19 heavy (non-hydrogen) atoms. The fourth-order valence-electron chi connectivity index (χ4n) is 1.57. The molecule has 1 aliphatic heterocycles. The summed E-state index contributed by atoms with van der Waals surface area (Å²) in [5.41, 5.74) is 0. The summed E-state index contributed by atoms with van der Waals surface area (Å²) in [4.78, 5) is 17.1. The van der Waals surface area contributed by atoms with Crippen molar-refractivity contribution in [3.8, 4) is 5.19 Å². The van der Waals surface area contributed by atoms with Gasteiger partial charge in [0.25, 0.3) is 10.4 Å². The number of ether oxygens (including phenoxy) is 2. The zero-order valence-electron chi connectivity index (χ0n) is 11.0. The average Bonchev–Trinajstić information content (AvgIpc) is 2.85. The Morgan fingerprint density at radius 3 is 3.11 bits per heavy atom. The highest BCUT2D eigenvalue weighted by Crippen LogP contribution is 2.24. The van der Waals surface area contributed by atoms with E-state index in [1.54, 1.807) is 14.1 Å². The van der Waals surface area contributed by atoms with Gasteiger partial charge >= 0.3 is 0 Å². The lowest BCUT2D eigenvalue weighted by atomic mass is 10.1. The Morgan fingerprint density at radius 2 is 2.42 bits per heavy atom. The van der Waals surface area contributed by atoms with E-state index in [1.165, 1.54) is 11.3 Å². The predicted molar refractivity (Wildman–Crippen MR) is 73.9 cm³/mol. The van der Waals surface area contributed by atoms with E-state index in [9.17, 15) is 4.79 Å². The van der Waals surface area contributed by atoms with Gasteiger partial charge in [-0.25, -0.2) is 0 Å². The standard InChI is InChI=1S/C11H17N3O3S2/c1-14(2)11(15)18-9-12-10(19-13-9)17-7-8-5-3-4-6-16-8/h8H,3-7H2,1-2H3. The minimum absolute atomic E-state index is 0.0973. The third kappa shape index (κ3) is 4.63. The first-order chi connectivity index (χ1) is 9.15. The third-order valence-corrected chi connectivity index (χ3v) is 4.25. The van der Waals surface area contributed by atoms with Gasteiger partial charge in [-0.15, -0.1) is 0 Å². The quantitative estimate of drug-likeness (QED) is 0.795. The van der Waals surface area contributed by atoms with Gasteiger partial charge in [0.2, 0.25) is 5.16 Å². The van der Waals surface area contributed by atoms with Crippen LogP contribution in [0.15, 0.2) is 5.16 Å². The van der Waals surface area contributed by atoms with E-state index in [-0.39, 0.29) is 11.3 Å². The zero-order chi connectivity index (χ0) is 13.7. The van der Waals surface area contributed by atoms with Crippen LogP contribution in [-0.4, -0.2) is 52.9 Å². The summed E-state index contributed by atoms with van der Waals surface area (Å²) in [6, 6.07) is 0. The van der Waals surface area contributed by atoms with E-state index < -0.39 is 0 Å². The van der Waals surface area contributed by atoms with Crippen LogP contribution >= 0.6 is 23.3 Å². The van der Waals surface area contributed by atoms with Gasteiger partial charge in [-0.3, -0.25) is 4.79 Å². The third-order valence-electron chi connectivity index (χ3n) is 2.60. The summed E-state index contributed by atoms with van der Waals surface area (Å²) < 4.78 is 15.2. The van der Waals surface area contributed by atoms with Gasteiger partial charge in [-0.1, -0.05) is 0 Å². The van der Waals surface area contributed by atoms with Gasteiger partial charge in [0.1, 0.15) is 6.61 Å². The van der Waals surface area contributed by atoms with Gasteiger partial charge in [0, 0.05) is 44.0 Å². The van der Waals surface area contributed by atoms with Gasteiger partial charge in [0.05, 0.1) is 6.10 Å². The van der Waals surface area contributed by atoms with E-state index in [2.05, 4.69) is 9.36 Å². The maximum absolute atomic E-state index is 11.5. The topological polar surface area (TPSA) is 64.6 Å². The second-order valence-electron chi connectivity index (χ2n) is 4.40. The highest BCUT2D eigenvalue weighted by Gasteiger charge is 2.17. The Labute approximate surface area is 120 Å². The van der Waals surface area contributed by atoms with Crippen molar-refractivity contribution in [1.82, 2.24) is 14.3 Å². The first-order valence-corrected chi connectivity index (χ1v) is 7.71. The number of hydrogen-bond acceptors (Lipinski definition) is 7. The van der Waals surface area contributed by atoms with E-state index >= 15 is 0 Å². The van der Waals surface area contributed by atoms with Crippen molar-refractivity contribution in [3.63, 3.8) is 0 Å². The van der Waals surface area contributed by atoms with Crippen LogP contribution in [0.2, 0.25) is 0 Å². The molecule has 2 rings (SSSR count). The monoisotopic (exact) mass is 303 g/mol. The minimum atomic E-state index is -0.0973. The zero-order valence-corrected chi connectivity index (χ0v) is 12.6. The number of amides is 1. The number of carbonyl (C=O) groups is 1. The number of carbonyl (C=O) groups excluding carboxylic acids is 1. The van der Waals surface area contributed by atoms with Gasteiger partial charge in [0.15, 0.2) is 0 Å². The van der Waals surface area contributed by atoms with Crippen LogP contribution in [0, 0.1) is 0 Å². The molecular formula is C11H17N3O3S2. The van der Waals surface area contributed by atoms with Crippen molar-refractivity contribution in [2.24, 2.45) is 0 Å². The van der Waals surface area contributed by atoms with Gasteiger partial charge in [-0.05, 0) is 19.3 Å². The molecule has 0 aromatic carbocycles. The molecule has 1 atom stereocenters. The van der Waals surface area contributed by atoms with Gasteiger partial charge in [-0.2, -0.15) is 9.36 Å². The fourth-order valence-corrected chi connectivity index (χ4v) is 2.80. The van der Waals surface area contributed by atoms with Crippen molar-refractivity contribution in [1.29, 1.82) is 0 Å². The molecule has 1 aromatic rings. The molecule has 106 valence electrons. The van der Waals surface area contributed by atoms with Crippen LogP contribution in [0.1, 0.15) is 19.3 Å². The van der Waals surface area contributed by atoms with E-state index in [1.807, 2.05) is 0 Å². The summed E-state index contributed by atoms with van der Waals surface area (Å²) in [6.07, 6.45) is 3.49. The second-order valence-corrected chi connectivity index (χ2v) is 6.04. The molecule has 1 aromatic heterocycles. The van der Waals surface area contributed by atoms with Crippen LogP contribution < -0.4 is 4.74 Å². The van der Waals surface area contributed by atoms with Crippen LogP contribution in [-0.2, 0) is 4.74 Å². The van der Waals surface area contributed by atoms with Crippen LogP contribution in [0.5, 0.6) is 5.19 Å². The molecule has 1 amide bonds. The number of hydrogen-bond donors (Lipinski definition) is 0. The molecular weight excluding hydrogens is 286 g/mol. The maximum atomic E-state index is 11.5. The largest absolute Gasteiger partial charge is 0.466 e. The van der Waals surface area contributed by atoms with Crippen LogP contribution in [0.25, 0.3) is 0 Å². The number of rotatable bonds is 4. The lowest BCUT2D eigenvalue weighted by Gasteiger charge is -2.21. The second kappa shape index (κ2) is 7.06. The van der Waals surface area contributed by atoms with Crippen molar-refractivity contribution in [2.75, 3.05) is 27.3 Å². The van der Waals surface area contributed by atoms with Crippen LogP contribution in [0.3, 0.4) is 0 Å². The molecule has 0 radical (unpaired) electrons. The molecule has 2 heterocycles. The summed E-state index contributed by atoms with van der Waals surface area (Å²) in [5.74, 6) is 0. The van der Waals surface area contributed by atoms with Crippen molar-refractivity contribution in [2.45, 2.75) is 30.5 Å². The first-order valence-electron chi connectivity index (χ1n) is 6.12. The fraction of sp³-hybridized carbons (Fsp3) is 0.727. The summed E-state index contributed by atoms with van der Waals surface area (Å²) in [6.45, 7) is 1.31. The highest BCUT2D eigenvalue weighted by molar-refractivity contribution is 8.13. The van der Waals surface area contributed by atoms with Gasteiger partial charge < -0.3 is 14.4 Å². The Balaban J connectivity index is 1.78. The lowest BCUT2D eigenvalue weighted by Crippen LogP contribution is -2.25. The molecule has 6 nitrogen and oxygen atoms in total. The predicted octanol–water partition coefficient (Wildman–Crippen LogP) is 2.26. The highest BCUT2D eigenvalue weighted by atomic mass is 32.2. The van der Waals surface area contributed by atoms with Crippen molar-refractivity contribution in [3.05, 3.63) is 0 Å². The molecule has 8 heteroatoms. The Hall–Kier alpha value is -0.860. The molecule has 1 unspecified atom stereocenters. The number of nitrogens with zero attached hydrogens (tertiary/aromatic N) is 3. The van der Waals surface area contributed by atoms with E-state index in [0.717, 1.165) is 42.7 Å². The lowest BCUT2D eigenvalue weighted by molar-refractivity contribution is -0.0111. The summed E-state index contributed by atoms with van der Waals surface area (Å²) in [7, 11) is 3.39. The molecule has 1 saturated heterocycles. The number of thioether (sulfide) groups is 1. The number of aromatic nitrogens is 2. The maximum Gasteiger partial charge on any atom is 0.294 e. The Morgan fingerprint density at radius 1 is 1.58 bits per heavy atom. The average molecular weight is 303 g/mol. The molecule has 0 bridgehead atoms. The molecule has 0 N–H and O–H groups in total. The summed E-state index contributed by atoms with van der Waals surface area (Å²) >= 11 is 2.16. The summed E-state index contributed by atoms with van der Waals surface area (Å²) in [5, 5.41) is 0.825. The van der Waals surface area contributed by atoms with E-state index in [0.29, 0.717) is 17.0 Å². The Bertz CT molecular complexity index is 419. The smallest absolute Gasteiger partial charge is 0.294 e. The van der Waals surface area contributed by atoms with E-state index in [4.69, 9.17) is 9.47 Å². The molecule has 0 aliphatic carbocycles. The molecule has 1 fully saturated rings. The van der Waals surface area contributed by atoms with Crippen LogP contribution in [0.4, 0.5) is 4.79 Å². The molecule has 1 aliphatic rings. The minimum Gasteiger partial charge on any atom is -0.466 e. The normalized spacial score (nSPS) is 19.2. The van der Waals surface area contributed by atoms with Crippen molar-refractivity contribution < 1.29 is 14.3 Å². The molecule has 0 saturated carbocycles. The molecule has 0 spiro atoms. The first kappa shape index (κ1) is 14.5. The SMILES string of the molecule is CN(C)C(=O)Sc1nsc(OCC2CCCCO2)n1. The van der Waals surface area contributed by atoms with Crippen molar-refractivity contribution >= 4 is 28.5 Å².